The second-order valence-corrected chi connectivity index (χ2v) is 8.15. The zero-order valence-electron chi connectivity index (χ0n) is 18.6. The molecule has 0 fully saturated rings. The highest BCUT2D eigenvalue weighted by Crippen LogP contribution is 2.35. The molecular formula is C33H26. The van der Waals surface area contributed by atoms with E-state index in [-0.39, 0.29) is 0 Å². The number of rotatable bonds is 0. The summed E-state index contributed by atoms with van der Waals surface area (Å²) in [5, 5.41) is 5.30. The molecule has 6 aromatic rings. The van der Waals surface area contributed by atoms with Gasteiger partial charge in [-0.05, 0) is 50.2 Å². The maximum atomic E-state index is 2.22. The first-order chi connectivity index (χ1) is 16.4. The molecule has 0 nitrogen and oxygen atoms in total. The molecule has 0 spiro atoms. The third-order valence-electron chi connectivity index (χ3n) is 6.03. The van der Waals surface area contributed by atoms with Crippen LogP contribution in [0.25, 0.3) is 32.7 Å². The molecule has 0 saturated heterocycles. The molecule has 0 bridgehead atoms. The molecular weight excluding hydrogens is 396 g/mol. The minimum atomic E-state index is 1.10. The highest BCUT2D eigenvalue weighted by atomic mass is 14.2. The van der Waals surface area contributed by atoms with Crippen molar-refractivity contribution in [1.29, 1.82) is 0 Å². The van der Waals surface area contributed by atoms with Gasteiger partial charge in [-0.25, -0.2) is 0 Å². The van der Waals surface area contributed by atoms with E-state index in [9.17, 15) is 0 Å². The predicted octanol–water partition coefficient (Wildman–Crippen LogP) is 8.94. The van der Waals surface area contributed by atoms with Crippen molar-refractivity contribution in [2.24, 2.45) is 0 Å². The van der Waals surface area contributed by atoms with E-state index < -0.39 is 0 Å². The molecule has 0 aromatic heterocycles. The summed E-state index contributed by atoms with van der Waals surface area (Å²) in [6, 6.07) is 50.7. The lowest BCUT2D eigenvalue weighted by Gasteiger charge is -2.02. The van der Waals surface area contributed by atoms with Crippen molar-refractivity contribution >= 4 is 21.5 Å². The van der Waals surface area contributed by atoms with Gasteiger partial charge in [-0.15, -0.1) is 0 Å². The molecule has 0 amide bonds. The first-order valence-corrected chi connectivity index (χ1v) is 11.4. The fourth-order valence-electron chi connectivity index (χ4n) is 4.42. The van der Waals surface area contributed by atoms with E-state index in [1.807, 2.05) is 36.4 Å². The molecule has 0 radical (unpaired) electrons. The first-order valence-electron chi connectivity index (χ1n) is 11.4. The van der Waals surface area contributed by atoms with Gasteiger partial charge < -0.3 is 0 Å². The van der Waals surface area contributed by atoms with Crippen molar-refractivity contribution < 1.29 is 0 Å². The van der Waals surface area contributed by atoms with Gasteiger partial charge in [0, 0.05) is 0 Å². The highest BCUT2D eigenvalue weighted by molar-refractivity contribution is 6.07. The molecule has 0 heterocycles. The topological polar surface area (TPSA) is 0 Å². The Bertz CT molecular complexity index is 1350. The summed E-state index contributed by atoms with van der Waals surface area (Å²) in [6.45, 7) is 0. The quantitative estimate of drug-likeness (QED) is 0.214. The monoisotopic (exact) mass is 422 g/mol. The largest absolute Gasteiger partial charge is 0.0623 e. The summed E-state index contributed by atoms with van der Waals surface area (Å²) < 4.78 is 0. The van der Waals surface area contributed by atoms with Crippen molar-refractivity contribution in [1.82, 2.24) is 0 Å². The van der Waals surface area contributed by atoms with Gasteiger partial charge in [0.05, 0.1) is 0 Å². The van der Waals surface area contributed by atoms with Crippen LogP contribution in [0.15, 0.2) is 146 Å². The van der Waals surface area contributed by atoms with Gasteiger partial charge in [0.2, 0.25) is 0 Å². The maximum Gasteiger partial charge on any atom is -0.00135 e. The van der Waals surface area contributed by atoms with Crippen LogP contribution in [0.2, 0.25) is 0 Å². The zero-order chi connectivity index (χ0) is 22.3. The van der Waals surface area contributed by atoms with E-state index >= 15 is 0 Å². The van der Waals surface area contributed by atoms with Crippen LogP contribution in [0.5, 0.6) is 0 Å². The Morgan fingerprint density at radius 2 is 0.667 bits per heavy atom. The van der Waals surface area contributed by atoms with Crippen LogP contribution >= 0.6 is 0 Å². The Morgan fingerprint density at radius 1 is 0.303 bits per heavy atom. The van der Waals surface area contributed by atoms with Crippen LogP contribution in [0.1, 0.15) is 11.1 Å². The Balaban J connectivity index is 0.000000112. The Labute approximate surface area is 195 Å². The molecule has 1 aliphatic carbocycles. The summed E-state index contributed by atoms with van der Waals surface area (Å²) in [4.78, 5) is 0. The smallest absolute Gasteiger partial charge is 0.00135 e. The van der Waals surface area contributed by atoms with Gasteiger partial charge in [-0.3, -0.25) is 0 Å². The second kappa shape index (κ2) is 9.97. The van der Waals surface area contributed by atoms with E-state index in [4.69, 9.17) is 0 Å². The lowest BCUT2D eigenvalue weighted by molar-refractivity contribution is 1.26. The van der Waals surface area contributed by atoms with Crippen LogP contribution in [-0.4, -0.2) is 0 Å². The molecule has 0 saturated carbocycles. The predicted molar refractivity (Wildman–Crippen MR) is 143 cm³/mol. The lowest BCUT2D eigenvalue weighted by Crippen LogP contribution is -1.77. The zero-order valence-corrected chi connectivity index (χ0v) is 18.6. The highest BCUT2D eigenvalue weighted by Gasteiger charge is 2.15. The van der Waals surface area contributed by atoms with Crippen LogP contribution in [0, 0.1) is 0 Å². The van der Waals surface area contributed by atoms with Crippen molar-refractivity contribution in [2.45, 2.75) is 6.42 Å². The van der Waals surface area contributed by atoms with Crippen molar-refractivity contribution in [2.75, 3.05) is 0 Å². The van der Waals surface area contributed by atoms with Gasteiger partial charge in [0.1, 0.15) is 0 Å². The molecule has 7 rings (SSSR count). The summed E-state index contributed by atoms with van der Waals surface area (Å²) in [5.74, 6) is 0. The van der Waals surface area contributed by atoms with Crippen LogP contribution in [0.3, 0.4) is 0 Å². The average Bonchev–Trinajstić information content (AvgIpc) is 3.29. The summed E-state index contributed by atoms with van der Waals surface area (Å²) >= 11 is 0. The van der Waals surface area contributed by atoms with E-state index in [0.717, 1.165) is 6.42 Å². The van der Waals surface area contributed by atoms with E-state index in [1.165, 1.54) is 43.8 Å². The number of hydrogen-bond donors (Lipinski definition) is 0. The fourth-order valence-corrected chi connectivity index (χ4v) is 4.42. The van der Waals surface area contributed by atoms with Crippen molar-refractivity contribution in [3.05, 3.63) is 157 Å². The van der Waals surface area contributed by atoms with Crippen LogP contribution < -0.4 is 0 Å². The van der Waals surface area contributed by atoms with Crippen molar-refractivity contribution in [3.63, 3.8) is 0 Å². The molecule has 0 N–H and O–H groups in total. The van der Waals surface area contributed by atoms with Crippen LogP contribution in [-0.2, 0) is 6.42 Å². The minimum absolute atomic E-state index is 1.10. The molecule has 1 aliphatic rings. The van der Waals surface area contributed by atoms with Gasteiger partial charge in [0.25, 0.3) is 0 Å². The number of benzene rings is 6. The molecule has 33 heavy (non-hydrogen) atoms. The molecule has 0 heteroatoms. The normalized spacial score (nSPS) is 10.9. The first kappa shape index (κ1) is 20.7. The third-order valence-corrected chi connectivity index (χ3v) is 6.03. The number of hydrogen-bond acceptors (Lipinski definition) is 0. The summed E-state index contributed by atoms with van der Waals surface area (Å²) in [5.41, 5.74) is 5.75. The Kier molecular flexibility index (Phi) is 6.26. The maximum absolute atomic E-state index is 2.22. The van der Waals surface area contributed by atoms with Gasteiger partial charge in [0.15, 0.2) is 0 Å². The second-order valence-electron chi connectivity index (χ2n) is 8.15. The Morgan fingerprint density at radius 3 is 1.12 bits per heavy atom. The third kappa shape index (κ3) is 4.71. The summed E-state index contributed by atoms with van der Waals surface area (Å²) in [6.07, 6.45) is 1.10. The summed E-state index contributed by atoms with van der Waals surface area (Å²) in [7, 11) is 0. The minimum Gasteiger partial charge on any atom is -0.0623 e. The van der Waals surface area contributed by atoms with E-state index in [1.54, 1.807) is 0 Å². The molecule has 6 aromatic carbocycles. The van der Waals surface area contributed by atoms with Gasteiger partial charge in [-0.2, -0.15) is 0 Å². The Hall–Kier alpha value is -4.16. The molecule has 0 aliphatic heterocycles. The van der Waals surface area contributed by atoms with Crippen LogP contribution in [0.4, 0.5) is 0 Å². The molecule has 0 unspecified atom stereocenters. The van der Waals surface area contributed by atoms with E-state index in [2.05, 4.69) is 109 Å². The molecule has 0 atom stereocenters. The number of fused-ring (bicyclic) bond motifs is 6. The van der Waals surface area contributed by atoms with E-state index in [0.29, 0.717) is 0 Å². The van der Waals surface area contributed by atoms with Crippen molar-refractivity contribution in [3.8, 4) is 11.1 Å². The van der Waals surface area contributed by atoms with Gasteiger partial charge in [-0.1, -0.05) is 146 Å². The molecule has 158 valence electrons. The lowest BCUT2D eigenvalue weighted by atomic mass is 10.0. The fraction of sp³-hybridized carbons (Fsp3) is 0.0303. The SMILES string of the molecule is c1ccc2c(c1)Cc1ccccc1-2.c1ccc2c(c1)ccc1ccccc12.c1ccccc1. The average molecular weight is 423 g/mol. The standard InChI is InChI=1S/C14H10.C13H10.C6H6/c1-3-7-13-11(5-1)9-10-12-6-2-4-8-14(12)13;1-3-7-12-10(5-1)9-11-6-2-4-8-13(11)12;1-2-4-6-5-3-1/h1-10H;1-8H,9H2;1-6H. The van der Waals surface area contributed by atoms with Gasteiger partial charge >= 0.3 is 0 Å².